The number of ether oxygens (including phenoxy) is 3. The van der Waals surface area contributed by atoms with Crippen molar-refractivity contribution < 1.29 is 23.8 Å². The number of hydrogen-bond acceptors (Lipinski definition) is 5. The van der Waals surface area contributed by atoms with Crippen LogP contribution in [0.15, 0.2) is 42.5 Å². The molecule has 2 aromatic rings. The number of hydrogen-bond donors (Lipinski definition) is 1. The van der Waals surface area contributed by atoms with Gasteiger partial charge in [0.05, 0.1) is 0 Å². The third-order valence-electron chi connectivity index (χ3n) is 3.54. The van der Waals surface area contributed by atoms with E-state index in [9.17, 15) is 9.59 Å². The van der Waals surface area contributed by atoms with E-state index in [0.717, 1.165) is 5.56 Å². The molecule has 0 spiro atoms. The minimum absolute atomic E-state index is 0.0484. The number of rotatable bonds is 6. The van der Waals surface area contributed by atoms with E-state index in [1.165, 1.54) is 6.92 Å². The highest BCUT2D eigenvalue weighted by atomic mass is 16.7. The highest BCUT2D eigenvalue weighted by Gasteiger charge is 2.13. The van der Waals surface area contributed by atoms with Crippen LogP contribution in [-0.2, 0) is 11.3 Å². The highest BCUT2D eigenvalue weighted by molar-refractivity contribution is 5.94. The van der Waals surface area contributed by atoms with E-state index < -0.39 is 0 Å². The molecule has 0 saturated heterocycles. The standard InChI is InChI=1S/C18H17NO5/c1-12(20)14-3-2-4-15(8-14)22-10-18(21)19-9-13-5-6-16-17(7-13)24-11-23-16/h2-8H,9-11H2,1H3,(H,19,21). The highest BCUT2D eigenvalue weighted by Crippen LogP contribution is 2.32. The van der Waals surface area contributed by atoms with Crippen LogP contribution in [0.1, 0.15) is 22.8 Å². The van der Waals surface area contributed by atoms with Gasteiger partial charge in [0.25, 0.3) is 5.91 Å². The van der Waals surface area contributed by atoms with Crippen LogP contribution in [0.3, 0.4) is 0 Å². The van der Waals surface area contributed by atoms with E-state index in [-0.39, 0.29) is 25.1 Å². The average Bonchev–Trinajstić information content (AvgIpc) is 3.06. The number of ketones is 1. The summed E-state index contributed by atoms with van der Waals surface area (Å²) in [6, 6.07) is 12.3. The zero-order chi connectivity index (χ0) is 16.9. The molecule has 6 nitrogen and oxygen atoms in total. The Balaban J connectivity index is 1.49. The van der Waals surface area contributed by atoms with Crippen molar-refractivity contribution >= 4 is 11.7 Å². The van der Waals surface area contributed by atoms with Crippen LogP contribution < -0.4 is 19.5 Å². The van der Waals surface area contributed by atoms with Gasteiger partial charge in [-0.05, 0) is 36.8 Å². The molecule has 0 unspecified atom stereocenters. The van der Waals surface area contributed by atoms with Gasteiger partial charge in [0, 0.05) is 12.1 Å². The second-order valence-corrected chi connectivity index (χ2v) is 5.34. The normalized spacial score (nSPS) is 11.9. The lowest BCUT2D eigenvalue weighted by molar-refractivity contribution is -0.123. The molecule has 0 saturated carbocycles. The SMILES string of the molecule is CC(=O)c1cccc(OCC(=O)NCc2ccc3c(c2)OCO3)c1. The maximum atomic E-state index is 11.9. The predicted molar refractivity (Wildman–Crippen MR) is 86.4 cm³/mol. The van der Waals surface area contributed by atoms with Crippen molar-refractivity contribution in [3.63, 3.8) is 0 Å². The molecule has 3 rings (SSSR count). The van der Waals surface area contributed by atoms with Crippen molar-refractivity contribution in [2.45, 2.75) is 13.5 Å². The molecule has 1 N–H and O–H groups in total. The summed E-state index contributed by atoms with van der Waals surface area (Å²) in [6.07, 6.45) is 0. The Morgan fingerprint density at radius 1 is 1.12 bits per heavy atom. The number of Topliss-reactive ketones (excluding diaryl/α,β-unsaturated/α-hetero) is 1. The van der Waals surface area contributed by atoms with Crippen LogP contribution in [0.4, 0.5) is 0 Å². The van der Waals surface area contributed by atoms with Gasteiger partial charge in [-0.25, -0.2) is 0 Å². The molecule has 1 amide bonds. The van der Waals surface area contributed by atoms with Crippen LogP contribution in [0, 0.1) is 0 Å². The first-order valence-electron chi connectivity index (χ1n) is 7.51. The number of carbonyl (C=O) groups excluding carboxylic acids is 2. The zero-order valence-electron chi connectivity index (χ0n) is 13.2. The van der Waals surface area contributed by atoms with Gasteiger partial charge in [-0.1, -0.05) is 18.2 Å². The van der Waals surface area contributed by atoms with Gasteiger partial charge in [-0.2, -0.15) is 0 Å². The summed E-state index contributed by atoms with van der Waals surface area (Å²) in [5.41, 5.74) is 1.46. The second kappa shape index (κ2) is 7.04. The first kappa shape index (κ1) is 15.9. The van der Waals surface area contributed by atoms with Gasteiger partial charge >= 0.3 is 0 Å². The van der Waals surface area contributed by atoms with Crippen LogP contribution in [0.2, 0.25) is 0 Å². The van der Waals surface area contributed by atoms with E-state index >= 15 is 0 Å². The summed E-state index contributed by atoms with van der Waals surface area (Å²) in [6.45, 7) is 1.95. The quantitative estimate of drug-likeness (QED) is 0.824. The maximum Gasteiger partial charge on any atom is 0.258 e. The third kappa shape index (κ3) is 3.84. The smallest absolute Gasteiger partial charge is 0.258 e. The Hall–Kier alpha value is -3.02. The molecule has 0 radical (unpaired) electrons. The summed E-state index contributed by atoms with van der Waals surface area (Å²) in [4.78, 5) is 23.2. The molecule has 1 aliphatic heterocycles. The maximum absolute atomic E-state index is 11.9. The fraction of sp³-hybridized carbons (Fsp3) is 0.222. The molecule has 6 heteroatoms. The van der Waals surface area contributed by atoms with Crippen LogP contribution in [0.5, 0.6) is 17.2 Å². The summed E-state index contributed by atoms with van der Waals surface area (Å²) in [7, 11) is 0. The number of benzene rings is 2. The second-order valence-electron chi connectivity index (χ2n) is 5.34. The molecule has 0 atom stereocenters. The summed E-state index contributed by atoms with van der Waals surface area (Å²) in [5.74, 6) is 1.58. The first-order valence-corrected chi connectivity index (χ1v) is 7.51. The summed E-state index contributed by atoms with van der Waals surface area (Å²) >= 11 is 0. The Bertz CT molecular complexity index is 772. The fourth-order valence-electron chi connectivity index (χ4n) is 2.26. The van der Waals surface area contributed by atoms with Gasteiger partial charge in [0.2, 0.25) is 6.79 Å². The molecule has 0 aromatic heterocycles. The lowest BCUT2D eigenvalue weighted by Gasteiger charge is -2.08. The lowest BCUT2D eigenvalue weighted by Crippen LogP contribution is -2.28. The lowest BCUT2D eigenvalue weighted by atomic mass is 10.1. The molecule has 0 aliphatic carbocycles. The van der Waals surface area contributed by atoms with Crippen molar-refractivity contribution in [3.8, 4) is 17.2 Å². The summed E-state index contributed by atoms with van der Waals surface area (Å²) < 4.78 is 15.9. The average molecular weight is 327 g/mol. The van der Waals surface area contributed by atoms with E-state index in [2.05, 4.69) is 5.32 Å². The Morgan fingerprint density at radius 2 is 1.96 bits per heavy atom. The molecule has 24 heavy (non-hydrogen) atoms. The van der Waals surface area contributed by atoms with Gasteiger partial charge < -0.3 is 19.5 Å². The third-order valence-corrected chi connectivity index (χ3v) is 3.54. The number of carbonyl (C=O) groups is 2. The van der Waals surface area contributed by atoms with Gasteiger partial charge in [0.1, 0.15) is 5.75 Å². The van der Waals surface area contributed by atoms with Crippen LogP contribution >= 0.6 is 0 Å². The van der Waals surface area contributed by atoms with Crippen LogP contribution in [-0.4, -0.2) is 25.1 Å². The monoisotopic (exact) mass is 327 g/mol. The molecule has 1 heterocycles. The van der Waals surface area contributed by atoms with Crippen molar-refractivity contribution in [3.05, 3.63) is 53.6 Å². The van der Waals surface area contributed by atoms with E-state index in [1.807, 2.05) is 18.2 Å². The Morgan fingerprint density at radius 3 is 2.79 bits per heavy atom. The van der Waals surface area contributed by atoms with Crippen molar-refractivity contribution in [2.24, 2.45) is 0 Å². The fourth-order valence-corrected chi connectivity index (χ4v) is 2.26. The predicted octanol–water partition coefficient (Wildman–Crippen LogP) is 2.31. The largest absolute Gasteiger partial charge is 0.484 e. The molecule has 124 valence electrons. The van der Waals surface area contributed by atoms with Crippen LogP contribution in [0.25, 0.3) is 0 Å². The first-order chi connectivity index (χ1) is 11.6. The topological polar surface area (TPSA) is 73.9 Å². The minimum Gasteiger partial charge on any atom is -0.484 e. The molecule has 2 aromatic carbocycles. The van der Waals surface area contributed by atoms with E-state index in [4.69, 9.17) is 14.2 Å². The van der Waals surface area contributed by atoms with E-state index in [1.54, 1.807) is 24.3 Å². The molecular weight excluding hydrogens is 310 g/mol. The van der Waals surface area contributed by atoms with Crippen molar-refractivity contribution in [1.82, 2.24) is 5.32 Å². The van der Waals surface area contributed by atoms with Crippen molar-refractivity contribution in [1.29, 1.82) is 0 Å². The Labute approximate surface area is 139 Å². The molecular formula is C18H17NO5. The van der Waals surface area contributed by atoms with Crippen molar-refractivity contribution in [2.75, 3.05) is 13.4 Å². The number of amides is 1. The summed E-state index contributed by atoms with van der Waals surface area (Å²) in [5, 5.41) is 2.77. The minimum atomic E-state index is -0.249. The molecule has 1 aliphatic rings. The number of nitrogens with one attached hydrogen (secondary N) is 1. The zero-order valence-corrected chi connectivity index (χ0v) is 13.2. The van der Waals surface area contributed by atoms with Gasteiger partial charge in [0.15, 0.2) is 23.9 Å². The molecule has 0 fully saturated rings. The molecule has 0 bridgehead atoms. The van der Waals surface area contributed by atoms with E-state index in [0.29, 0.717) is 29.4 Å². The Kier molecular flexibility index (Phi) is 4.65. The van der Waals surface area contributed by atoms with Gasteiger partial charge in [-0.15, -0.1) is 0 Å². The van der Waals surface area contributed by atoms with Gasteiger partial charge in [-0.3, -0.25) is 9.59 Å². The number of fused-ring (bicyclic) bond motifs is 1.